The Morgan fingerprint density at radius 1 is 1.33 bits per heavy atom. The summed E-state index contributed by atoms with van der Waals surface area (Å²) in [6, 6.07) is 7.75. The molecular formula is C14H22N6O. The quantitative estimate of drug-likeness (QED) is 0.649. The van der Waals surface area contributed by atoms with Gasteiger partial charge >= 0.3 is 0 Å². The minimum Gasteiger partial charge on any atom is -0.506 e. The molecule has 0 spiro atoms. The Kier molecular flexibility index (Phi) is 7.71. The number of nitrogens with one attached hydrogen (secondary N) is 1. The highest BCUT2D eigenvalue weighted by molar-refractivity contribution is 5.79. The molecule has 114 valence electrons. The van der Waals surface area contributed by atoms with E-state index in [1.54, 1.807) is 18.2 Å². The average molecular weight is 290 g/mol. The zero-order valence-corrected chi connectivity index (χ0v) is 12.7. The third-order valence-electron chi connectivity index (χ3n) is 2.51. The number of phenolic OH excluding ortho intramolecular Hbond substituents is 1. The second-order valence-corrected chi connectivity index (χ2v) is 4.60. The van der Waals surface area contributed by atoms with Crippen molar-refractivity contribution in [3.05, 3.63) is 18.2 Å². The van der Waals surface area contributed by atoms with E-state index in [9.17, 15) is 0 Å². The van der Waals surface area contributed by atoms with E-state index in [-0.39, 0.29) is 5.75 Å². The summed E-state index contributed by atoms with van der Waals surface area (Å²) in [6.45, 7) is 4.67. The molecule has 0 aliphatic rings. The SMILES string of the molecule is CCN=C=NCCCN(C)C.Oc1cccc2[nH]nnc12. The number of aliphatic imine (C=N–C) groups is 2. The zero-order chi connectivity index (χ0) is 15.5. The zero-order valence-electron chi connectivity index (χ0n) is 12.7. The molecule has 0 fully saturated rings. The van der Waals surface area contributed by atoms with E-state index >= 15 is 0 Å². The fourth-order valence-corrected chi connectivity index (χ4v) is 1.49. The number of aromatic amines is 1. The number of phenols is 1. The first kappa shape index (κ1) is 16.8. The van der Waals surface area contributed by atoms with Crippen LogP contribution in [0.5, 0.6) is 5.75 Å². The van der Waals surface area contributed by atoms with Crippen molar-refractivity contribution in [2.24, 2.45) is 9.98 Å². The van der Waals surface area contributed by atoms with Crippen LogP contribution in [-0.2, 0) is 0 Å². The summed E-state index contributed by atoms with van der Waals surface area (Å²) < 4.78 is 0. The topological polar surface area (TPSA) is 89.8 Å². The lowest BCUT2D eigenvalue weighted by molar-refractivity contribution is 0.403. The summed E-state index contributed by atoms with van der Waals surface area (Å²) >= 11 is 0. The van der Waals surface area contributed by atoms with Crippen LogP contribution in [0.4, 0.5) is 0 Å². The number of benzene rings is 1. The number of fused-ring (bicyclic) bond motifs is 1. The molecule has 0 bridgehead atoms. The van der Waals surface area contributed by atoms with E-state index in [0.717, 1.165) is 31.6 Å². The maximum Gasteiger partial charge on any atom is 0.154 e. The molecule has 1 aromatic heterocycles. The molecule has 0 atom stereocenters. The van der Waals surface area contributed by atoms with Gasteiger partial charge in [-0.05, 0) is 46.1 Å². The first-order valence-corrected chi connectivity index (χ1v) is 6.86. The van der Waals surface area contributed by atoms with Crippen molar-refractivity contribution in [2.75, 3.05) is 33.7 Å². The molecule has 0 aliphatic carbocycles. The van der Waals surface area contributed by atoms with Gasteiger partial charge in [-0.25, -0.2) is 9.98 Å². The molecule has 2 rings (SSSR count). The Bertz CT molecular complexity index is 586. The summed E-state index contributed by atoms with van der Waals surface area (Å²) in [5.41, 5.74) is 1.27. The molecule has 7 nitrogen and oxygen atoms in total. The van der Waals surface area contributed by atoms with E-state index in [2.05, 4.69) is 50.4 Å². The summed E-state index contributed by atoms with van der Waals surface area (Å²) in [5, 5.41) is 19.0. The van der Waals surface area contributed by atoms with Gasteiger partial charge in [0.1, 0.15) is 5.75 Å². The third-order valence-corrected chi connectivity index (χ3v) is 2.51. The maximum absolute atomic E-state index is 9.14. The molecule has 2 N–H and O–H groups in total. The minimum atomic E-state index is 0.159. The molecule has 0 saturated carbocycles. The monoisotopic (exact) mass is 290 g/mol. The van der Waals surface area contributed by atoms with Crippen LogP contribution in [0.1, 0.15) is 13.3 Å². The van der Waals surface area contributed by atoms with Gasteiger partial charge in [0.15, 0.2) is 5.52 Å². The van der Waals surface area contributed by atoms with Gasteiger partial charge in [-0.1, -0.05) is 11.3 Å². The summed E-state index contributed by atoms with van der Waals surface area (Å²) in [6.07, 6.45) is 1.08. The molecule has 21 heavy (non-hydrogen) atoms. The Balaban J connectivity index is 0.000000210. The average Bonchev–Trinajstić information content (AvgIpc) is 2.93. The van der Waals surface area contributed by atoms with Crippen molar-refractivity contribution < 1.29 is 5.11 Å². The molecule has 1 heterocycles. The summed E-state index contributed by atoms with van der Waals surface area (Å²) in [7, 11) is 4.12. The molecule has 0 saturated heterocycles. The molecule has 0 radical (unpaired) electrons. The van der Waals surface area contributed by atoms with E-state index in [0.29, 0.717) is 5.52 Å². The number of H-pyrrole nitrogens is 1. The lowest BCUT2D eigenvalue weighted by atomic mass is 10.3. The van der Waals surface area contributed by atoms with Gasteiger partial charge in [0.2, 0.25) is 0 Å². The van der Waals surface area contributed by atoms with Crippen molar-refractivity contribution >= 4 is 17.0 Å². The molecular weight excluding hydrogens is 268 g/mol. The summed E-state index contributed by atoms with van der Waals surface area (Å²) in [5.74, 6) is 0.159. The highest BCUT2D eigenvalue weighted by Crippen LogP contribution is 2.18. The smallest absolute Gasteiger partial charge is 0.154 e. The highest BCUT2D eigenvalue weighted by atomic mass is 16.3. The Morgan fingerprint density at radius 2 is 2.14 bits per heavy atom. The van der Waals surface area contributed by atoms with E-state index in [1.807, 2.05) is 6.92 Å². The summed E-state index contributed by atoms with van der Waals surface area (Å²) in [4.78, 5) is 9.99. The van der Waals surface area contributed by atoms with Crippen LogP contribution >= 0.6 is 0 Å². The van der Waals surface area contributed by atoms with Gasteiger partial charge in [-0.15, -0.1) is 5.10 Å². The fourth-order valence-electron chi connectivity index (χ4n) is 1.49. The predicted octanol–water partition coefficient (Wildman–Crippen LogP) is 1.80. The van der Waals surface area contributed by atoms with Crippen molar-refractivity contribution in [3.8, 4) is 5.75 Å². The number of rotatable bonds is 5. The van der Waals surface area contributed by atoms with Gasteiger partial charge in [0.25, 0.3) is 0 Å². The van der Waals surface area contributed by atoms with Crippen LogP contribution in [0.3, 0.4) is 0 Å². The number of hydrogen-bond acceptors (Lipinski definition) is 6. The van der Waals surface area contributed by atoms with Gasteiger partial charge in [0, 0.05) is 6.54 Å². The van der Waals surface area contributed by atoms with Crippen LogP contribution < -0.4 is 0 Å². The van der Waals surface area contributed by atoms with Crippen molar-refractivity contribution in [2.45, 2.75) is 13.3 Å². The Labute approximate surface area is 124 Å². The van der Waals surface area contributed by atoms with Crippen LogP contribution in [0.15, 0.2) is 28.2 Å². The molecule has 1 aromatic carbocycles. The molecule has 2 aromatic rings. The van der Waals surface area contributed by atoms with Crippen LogP contribution in [0.2, 0.25) is 0 Å². The Morgan fingerprint density at radius 3 is 2.81 bits per heavy atom. The molecule has 7 heteroatoms. The number of aromatic hydroxyl groups is 1. The van der Waals surface area contributed by atoms with Gasteiger partial charge < -0.3 is 10.0 Å². The molecule has 0 amide bonds. The highest BCUT2D eigenvalue weighted by Gasteiger charge is 1.99. The number of hydrogen-bond donors (Lipinski definition) is 2. The second-order valence-electron chi connectivity index (χ2n) is 4.60. The van der Waals surface area contributed by atoms with Gasteiger partial charge in [-0.3, -0.25) is 5.10 Å². The largest absolute Gasteiger partial charge is 0.506 e. The second kappa shape index (κ2) is 9.63. The first-order valence-electron chi connectivity index (χ1n) is 6.86. The molecule has 0 aliphatic heterocycles. The van der Waals surface area contributed by atoms with Gasteiger partial charge in [-0.2, -0.15) is 0 Å². The van der Waals surface area contributed by atoms with E-state index in [1.165, 1.54) is 0 Å². The fraction of sp³-hybridized carbons (Fsp3) is 0.500. The normalized spacial score (nSPS) is 9.90. The first-order chi connectivity index (χ1) is 10.1. The van der Waals surface area contributed by atoms with Crippen LogP contribution in [0.25, 0.3) is 11.0 Å². The van der Waals surface area contributed by atoms with Crippen LogP contribution in [-0.4, -0.2) is 65.2 Å². The van der Waals surface area contributed by atoms with Crippen molar-refractivity contribution in [1.29, 1.82) is 0 Å². The lowest BCUT2D eigenvalue weighted by Gasteiger charge is -2.05. The third kappa shape index (κ3) is 6.65. The van der Waals surface area contributed by atoms with E-state index < -0.39 is 0 Å². The lowest BCUT2D eigenvalue weighted by Crippen LogP contribution is -2.13. The minimum absolute atomic E-state index is 0.159. The molecule has 0 unspecified atom stereocenters. The van der Waals surface area contributed by atoms with Gasteiger partial charge in [0.05, 0.1) is 18.1 Å². The number of aromatic nitrogens is 3. The maximum atomic E-state index is 9.14. The number of nitrogens with zero attached hydrogens (tertiary/aromatic N) is 5. The van der Waals surface area contributed by atoms with Crippen molar-refractivity contribution in [1.82, 2.24) is 20.3 Å². The standard InChI is InChI=1S/C8H17N3.C6H5N3O/c1-4-9-8-10-6-5-7-11(2)3;10-5-3-1-2-4-6(5)8-9-7-4/h4-7H2,1-3H3;1-3,10H,(H,7,8,9). The van der Waals surface area contributed by atoms with E-state index in [4.69, 9.17) is 5.11 Å². The Hall–Kier alpha value is -2.24. The predicted molar refractivity (Wildman–Crippen MR) is 84.0 cm³/mol. The van der Waals surface area contributed by atoms with Crippen LogP contribution in [0, 0.1) is 0 Å². The van der Waals surface area contributed by atoms with Crippen molar-refractivity contribution in [3.63, 3.8) is 0 Å².